The van der Waals surface area contributed by atoms with Crippen LogP contribution in [-0.2, 0) is 9.59 Å². The van der Waals surface area contributed by atoms with Crippen LogP contribution in [0.25, 0.3) is 0 Å². The number of methoxy groups -OCH3 is 1. The van der Waals surface area contributed by atoms with E-state index >= 15 is 0 Å². The number of thiocarbonyl (C=S) groups is 1. The highest BCUT2D eigenvalue weighted by molar-refractivity contribution is 7.80. The lowest BCUT2D eigenvalue weighted by Gasteiger charge is -2.22. The maximum atomic E-state index is 13.1. The molecule has 150 valence electrons. The summed E-state index contributed by atoms with van der Waals surface area (Å²) in [4.78, 5) is 28.8. The zero-order chi connectivity index (χ0) is 21.0. The predicted molar refractivity (Wildman–Crippen MR) is 118 cm³/mol. The molecule has 0 bridgehead atoms. The number of carbonyl (C=O) groups is 2. The number of hydrogen-bond donors (Lipinski definition) is 1. The molecular weight excluding hydrogens is 410 g/mol. The number of carbonyl (C=O) groups excluding carboxylic acids is 2. The third-order valence-corrected chi connectivity index (χ3v) is 5.11. The van der Waals surface area contributed by atoms with Crippen LogP contribution in [-0.4, -0.2) is 41.5 Å². The number of benzene rings is 2. The minimum absolute atomic E-state index is 0.0496. The van der Waals surface area contributed by atoms with Gasteiger partial charge in [-0.05, 0) is 54.7 Å². The van der Waals surface area contributed by atoms with E-state index in [9.17, 15) is 9.59 Å². The Morgan fingerprint density at radius 3 is 2.66 bits per heavy atom. The van der Waals surface area contributed by atoms with Crippen LogP contribution < -0.4 is 15.0 Å². The number of halogens is 1. The van der Waals surface area contributed by atoms with Gasteiger partial charge in [-0.25, -0.2) is 0 Å². The number of nitrogens with one attached hydrogen (secondary N) is 1. The average molecular weight is 430 g/mol. The summed E-state index contributed by atoms with van der Waals surface area (Å²) in [5.74, 6) is 0.106. The van der Waals surface area contributed by atoms with Gasteiger partial charge in [0.2, 0.25) is 5.91 Å². The molecule has 0 saturated carbocycles. The summed E-state index contributed by atoms with van der Waals surface area (Å²) in [5.41, 5.74) is 1.19. The van der Waals surface area contributed by atoms with Crippen molar-refractivity contribution in [3.8, 4) is 5.75 Å². The second-order valence-electron chi connectivity index (χ2n) is 6.37. The summed E-state index contributed by atoms with van der Waals surface area (Å²) >= 11 is 11.5. The van der Waals surface area contributed by atoms with Gasteiger partial charge in [0.15, 0.2) is 5.11 Å². The Morgan fingerprint density at radius 2 is 2.03 bits per heavy atom. The molecule has 0 aromatic heterocycles. The number of ether oxygens (including phenoxy) is 1. The van der Waals surface area contributed by atoms with Crippen LogP contribution in [0.2, 0.25) is 5.02 Å². The minimum Gasteiger partial charge on any atom is -0.497 e. The Morgan fingerprint density at radius 1 is 1.31 bits per heavy atom. The Balaban J connectivity index is 1.80. The molecule has 2 aromatic rings. The Bertz CT molecular complexity index is 948. The summed E-state index contributed by atoms with van der Waals surface area (Å²) in [7, 11) is 1.57. The zero-order valence-electron chi connectivity index (χ0n) is 15.8. The fourth-order valence-electron chi connectivity index (χ4n) is 3.10. The summed E-state index contributed by atoms with van der Waals surface area (Å²) in [6, 6.07) is 13.1. The quantitative estimate of drug-likeness (QED) is 0.534. The second-order valence-corrected chi connectivity index (χ2v) is 7.18. The highest BCUT2D eigenvalue weighted by Gasteiger charge is 2.43. The van der Waals surface area contributed by atoms with Crippen LogP contribution in [0.5, 0.6) is 5.75 Å². The molecule has 6 nitrogen and oxygen atoms in total. The fraction of sp³-hybridized carbons (Fsp3) is 0.190. The highest BCUT2D eigenvalue weighted by atomic mass is 35.5. The normalized spacial score (nSPS) is 16.1. The van der Waals surface area contributed by atoms with Crippen molar-refractivity contribution in [1.82, 2.24) is 4.90 Å². The summed E-state index contributed by atoms with van der Waals surface area (Å²) in [5, 5.41) is 3.62. The molecule has 1 N–H and O–H groups in total. The van der Waals surface area contributed by atoms with Crippen molar-refractivity contribution >= 4 is 52.1 Å². The molecule has 1 aliphatic rings. The van der Waals surface area contributed by atoms with Crippen molar-refractivity contribution in [3.63, 3.8) is 0 Å². The average Bonchev–Trinajstić information content (AvgIpc) is 2.92. The first-order valence-corrected chi connectivity index (χ1v) is 9.68. The van der Waals surface area contributed by atoms with Gasteiger partial charge in [-0.1, -0.05) is 23.7 Å². The molecule has 1 heterocycles. The molecular formula is C21H20ClN3O3S. The molecule has 8 heteroatoms. The maximum Gasteiger partial charge on any atom is 0.256 e. The molecule has 0 radical (unpaired) electrons. The monoisotopic (exact) mass is 429 g/mol. The third-order valence-electron chi connectivity index (χ3n) is 4.46. The lowest BCUT2D eigenvalue weighted by molar-refractivity contribution is -0.124. The van der Waals surface area contributed by atoms with Crippen molar-refractivity contribution in [2.75, 3.05) is 23.9 Å². The molecule has 0 aliphatic carbocycles. The lowest BCUT2D eigenvalue weighted by atomic mass is 10.1. The SMILES string of the molecule is C=CCN1C(=S)N(c2ccc(OC)cc2)C(=O)C1CC(=O)Nc1cccc(Cl)c1. The maximum absolute atomic E-state index is 13.1. The van der Waals surface area contributed by atoms with Gasteiger partial charge in [0, 0.05) is 17.3 Å². The van der Waals surface area contributed by atoms with E-state index in [1.807, 2.05) is 0 Å². The Kier molecular flexibility index (Phi) is 6.51. The second kappa shape index (κ2) is 9.07. The van der Waals surface area contributed by atoms with Crippen molar-refractivity contribution in [3.05, 3.63) is 66.2 Å². The van der Waals surface area contributed by atoms with E-state index in [-0.39, 0.29) is 18.2 Å². The Labute approximate surface area is 179 Å². The third kappa shape index (κ3) is 4.58. The number of amides is 2. The molecule has 1 fully saturated rings. The standard InChI is InChI=1S/C21H20ClN3O3S/c1-3-11-24-18(13-19(26)23-15-6-4-5-14(22)12-15)20(27)25(21(24)29)16-7-9-17(28-2)10-8-16/h3-10,12,18H,1,11,13H2,2H3,(H,23,26). The first-order valence-electron chi connectivity index (χ1n) is 8.89. The van der Waals surface area contributed by atoms with Crippen LogP contribution in [0.15, 0.2) is 61.2 Å². The molecule has 2 aromatic carbocycles. The van der Waals surface area contributed by atoms with Crippen molar-refractivity contribution < 1.29 is 14.3 Å². The van der Waals surface area contributed by atoms with Gasteiger partial charge in [0.05, 0.1) is 19.2 Å². The van der Waals surface area contributed by atoms with Crippen molar-refractivity contribution in [2.24, 2.45) is 0 Å². The van der Waals surface area contributed by atoms with Gasteiger partial charge >= 0.3 is 0 Å². The summed E-state index contributed by atoms with van der Waals surface area (Å²) in [6.45, 7) is 4.09. The zero-order valence-corrected chi connectivity index (χ0v) is 17.4. The molecule has 1 atom stereocenters. The summed E-state index contributed by atoms with van der Waals surface area (Å²) < 4.78 is 5.16. The van der Waals surface area contributed by atoms with Gasteiger partial charge in [-0.2, -0.15) is 0 Å². The first-order chi connectivity index (χ1) is 13.9. The smallest absolute Gasteiger partial charge is 0.256 e. The molecule has 1 saturated heterocycles. The first kappa shape index (κ1) is 20.8. The summed E-state index contributed by atoms with van der Waals surface area (Å²) in [6.07, 6.45) is 1.60. The molecule has 2 amide bonds. The minimum atomic E-state index is -0.721. The van der Waals surface area contributed by atoms with E-state index in [1.54, 1.807) is 66.6 Å². The van der Waals surface area contributed by atoms with Gasteiger partial charge in [-0.15, -0.1) is 6.58 Å². The molecule has 29 heavy (non-hydrogen) atoms. The van der Waals surface area contributed by atoms with Gasteiger partial charge in [-0.3, -0.25) is 14.5 Å². The van der Waals surface area contributed by atoms with Gasteiger partial charge in [0.1, 0.15) is 11.8 Å². The Hall–Kier alpha value is -2.90. The van der Waals surface area contributed by atoms with E-state index < -0.39 is 6.04 Å². The van der Waals surface area contributed by atoms with E-state index in [2.05, 4.69) is 11.9 Å². The molecule has 3 rings (SSSR count). The van der Waals surface area contributed by atoms with Crippen molar-refractivity contribution in [2.45, 2.75) is 12.5 Å². The van der Waals surface area contributed by atoms with E-state index in [1.165, 1.54) is 4.90 Å². The van der Waals surface area contributed by atoms with Gasteiger partial charge in [0.25, 0.3) is 5.91 Å². The van der Waals surface area contributed by atoms with Crippen molar-refractivity contribution in [1.29, 1.82) is 0 Å². The van der Waals surface area contributed by atoms with E-state index in [4.69, 9.17) is 28.6 Å². The topological polar surface area (TPSA) is 61.9 Å². The van der Waals surface area contributed by atoms with E-state index in [0.29, 0.717) is 33.8 Å². The molecule has 0 spiro atoms. The number of anilines is 2. The van der Waals surface area contributed by atoms with Crippen LogP contribution in [0.4, 0.5) is 11.4 Å². The fourth-order valence-corrected chi connectivity index (χ4v) is 3.69. The number of hydrogen-bond acceptors (Lipinski definition) is 4. The number of nitrogens with zero attached hydrogens (tertiary/aromatic N) is 2. The molecule has 1 aliphatic heterocycles. The van der Waals surface area contributed by atoms with Gasteiger partial charge < -0.3 is 15.0 Å². The highest BCUT2D eigenvalue weighted by Crippen LogP contribution is 2.29. The van der Waals surface area contributed by atoms with Crippen LogP contribution in [0.1, 0.15) is 6.42 Å². The van der Waals surface area contributed by atoms with Crippen LogP contribution >= 0.6 is 23.8 Å². The largest absolute Gasteiger partial charge is 0.497 e. The predicted octanol–water partition coefficient (Wildman–Crippen LogP) is 3.87. The van der Waals surface area contributed by atoms with Crippen LogP contribution in [0.3, 0.4) is 0 Å². The van der Waals surface area contributed by atoms with Crippen LogP contribution in [0, 0.1) is 0 Å². The molecule has 1 unspecified atom stereocenters. The lowest BCUT2D eigenvalue weighted by Crippen LogP contribution is -2.37. The number of rotatable bonds is 7. The van der Waals surface area contributed by atoms with E-state index in [0.717, 1.165) is 0 Å².